The summed E-state index contributed by atoms with van der Waals surface area (Å²) in [5, 5.41) is 2.59. The Balaban J connectivity index is 2.28. The molecule has 0 atom stereocenters. The number of anilines is 2. The zero-order valence-electron chi connectivity index (χ0n) is 9.51. The second-order valence-electron chi connectivity index (χ2n) is 3.60. The van der Waals surface area contributed by atoms with E-state index in [1.807, 2.05) is 0 Å². The lowest BCUT2D eigenvalue weighted by Gasteiger charge is -2.09. The molecule has 0 radical (unpaired) electrons. The van der Waals surface area contributed by atoms with Crippen LogP contribution >= 0.6 is 0 Å². The quantitative estimate of drug-likeness (QED) is 0.896. The van der Waals surface area contributed by atoms with Crippen LogP contribution in [0.25, 0.3) is 0 Å². The van der Waals surface area contributed by atoms with E-state index in [0.717, 1.165) is 24.3 Å². The van der Waals surface area contributed by atoms with Gasteiger partial charge in [-0.2, -0.15) is 0 Å². The second-order valence-corrected chi connectivity index (χ2v) is 3.60. The predicted molar refractivity (Wildman–Crippen MR) is 62.6 cm³/mol. The summed E-state index contributed by atoms with van der Waals surface area (Å²) in [5.74, 6) is -1.69. The maximum atomic E-state index is 13.4. The van der Waals surface area contributed by atoms with Gasteiger partial charge in [0.1, 0.15) is 11.6 Å². The van der Waals surface area contributed by atoms with Crippen LogP contribution in [0.15, 0.2) is 36.4 Å². The zero-order chi connectivity index (χ0) is 13.1. The fourth-order valence-electron chi connectivity index (χ4n) is 1.49. The summed E-state index contributed by atoms with van der Waals surface area (Å²) >= 11 is 0. The van der Waals surface area contributed by atoms with Gasteiger partial charge in [-0.3, -0.25) is 0 Å². The van der Waals surface area contributed by atoms with E-state index in [4.69, 9.17) is 4.74 Å². The van der Waals surface area contributed by atoms with Crippen LogP contribution in [-0.4, -0.2) is 7.11 Å². The topological polar surface area (TPSA) is 21.3 Å². The molecule has 0 heterocycles. The molecule has 0 aliphatic carbocycles. The molecule has 2 rings (SSSR count). The Morgan fingerprint density at radius 2 is 1.72 bits per heavy atom. The van der Waals surface area contributed by atoms with Gasteiger partial charge in [0.25, 0.3) is 0 Å². The van der Waals surface area contributed by atoms with Crippen molar-refractivity contribution >= 4 is 11.4 Å². The molecule has 0 aliphatic heterocycles. The molecule has 1 N–H and O–H groups in total. The molecular weight excluding hydrogens is 243 g/mol. The summed E-state index contributed by atoms with van der Waals surface area (Å²) in [6, 6.07) is 7.05. The van der Waals surface area contributed by atoms with Crippen LogP contribution in [0.4, 0.5) is 24.5 Å². The van der Waals surface area contributed by atoms with Gasteiger partial charge in [-0.05, 0) is 24.3 Å². The van der Waals surface area contributed by atoms with Crippen molar-refractivity contribution in [3.8, 4) is 5.75 Å². The van der Waals surface area contributed by atoms with E-state index in [1.54, 1.807) is 0 Å². The van der Waals surface area contributed by atoms with E-state index in [-0.39, 0.29) is 11.4 Å². The van der Waals surface area contributed by atoms with Gasteiger partial charge < -0.3 is 10.1 Å². The van der Waals surface area contributed by atoms with E-state index in [0.29, 0.717) is 5.69 Å². The van der Waals surface area contributed by atoms with E-state index in [1.165, 1.54) is 19.2 Å². The maximum Gasteiger partial charge on any atom is 0.167 e. The van der Waals surface area contributed by atoms with Crippen molar-refractivity contribution in [2.24, 2.45) is 0 Å². The highest BCUT2D eigenvalue weighted by atomic mass is 19.1. The Labute approximate surface area is 102 Å². The fraction of sp³-hybridized carbons (Fsp3) is 0.0769. The SMILES string of the molecule is COc1ccc(Nc2cc(F)ccc2F)cc1F. The Hall–Kier alpha value is -2.17. The summed E-state index contributed by atoms with van der Waals surface area (Å²) in [6.45, 7) is 0. The summed E-state index contributed by atoms with van der Waals surface area (Å²) < 4.78 is 44.5. The van der Waals surface area contributed by atoms with Gasteiger partial charge in [-0.1, -0.05) is 0 Å². The van der Waals surface area contributed by atoms with Crippen molar-refractivity contribution < 1.29 is 17.9 Å². The number of halogens is 3. The first-order chi connectivity index (χ1) is 8.60. The normalized spacial score (nSPS) is 10.2. The molecule has 94 valence electrons. The Morgan fingerprint density at radius 1 is 0.944 bits per heavy atom. The molecular formula is C13H10F3NO. The average Bonchev–Trinajstić information content (AvgIpc) is 2.34. The molecule has 5 heteroatoms. The number of hydrogen-bond donors (Lipinski definition) is 1. The van der Waals surface area contributed by atoms with E-state index < -0.39 is 17.5 Å². The highest BCUT2D eigenvalue weighted by Crippen LogP contribution is 2.25. The average molecular weight is 253 g/mol. The van der Waals surface area contributed by atoms with Crippen LogP contribution in [0, 0.1) is 17.5 Å². The minimum absolute atomic E-state index is 0.0560. The molecule has 0 bridgehead atoms. The van der Waals surface area contributed by atoms with Gasteiger partial charge in [0.05, 0.1) is 12.8 Å². The third-order valence-corrected chi connectivity index (χ3v) is 2.36. The van der Waals surface area contributed by atoms with Gasteiger partial charge in [0, 0.05) is 17.8 Å². The van der Waals surface area contributed by atoms with Gasteiger partial charge >= 0.3 is 0 Å². The summed E-state index contributed by atoms with van der Waals surface area (Å²) in [4.78, 5) is 0. The fourth-order valence-corrected chi connectivity index (χ4v) is 1.49. The van der Waals surface area contributed by atoms with Crippen molar-refractivity contribution in [1.29, 1.82) is 0 Å². The smallest absolute Gasteiger partial charge is 0.167 e. The minimum atomic E-state index is -0.618. The molecule has 2 nitrogen and oxygen atoms in total. The number of methoxy groups -OCH3 is 1. The Bertz CT molecular complexity index is 572. The largest absolute Gasteiger partial charge is 0.494 e. The van der Waals surface area contributed by atoms with Crippen LogP contribution in [0.5, 0.6) is 5.75 Å². The molecule has 0 aliphatic rings. The van der Waals surface area contributed by atoms with Crippen LogP contribution in [0.2, 0.25) is 0 Å². The number of rotatable bonds is 3. The van der Waals surface area contributed by atoms with Crippen LogP contribution in [-0.2, 0) is 0 Å². The first-order valence-electron chi connectivity index (χ1n) is 5.16. The molecule has 0 fully saturated rings. The lowest BCUT2D eigenvalue weighted by molar-refractivity contribution is 0.386. The van der Waals surface area contributed by atoms with Crippen molar-refractivity contribution in [2.45, 2.75) is 0 Å². The standard InChI is InChI=1S/C13H10F3NO/c1-18-13-5-3-9(7-11(13)16)17-12-6-8(14)2-4-10(12)15/h2-7,17H,1H3. The summed E-state index contributed by atoms with van der Waals surface area (Å²) in [7, 11) is 1.34. The van der Waals surface area contributed by atoms with Gasteiger partial charge in [0.15, 0.2) is 11.6 Å². The monoisotopic (exact) mass is 253 g/mol. The molecule has 0 saturated carbocycles. The molecule has 0 saturated heterocycles. The van der Waals surface area contributed by atoms with Gasteiger partial charge in [-0.15, -0.1) is 0 Å². The third kappa shape index (κ3) is 2.56. The van der Waals surface area contributed by atoms with Gasteiger partial charge in [0.2, 0.25) is 0 Å². The number of nitrogens with one attached hydrogen (secondary N) is 1. The van der Waals surface area contributed by atoms with Crippen molar-refractivity contribution in [3.05, 3.63) is 53.8 Å². The van der Waals surface area contributed by atoms with E-state index >= 15 is 0 Å². The zero-order valence-corrected chi connectivity index (χ0v) is 9.51. The third-order valence-electron chi connectivity index (χ3n) is 2.36. The first kappa shape index (κ1) is 12.3. The van der Waals surface area contributed by atoms with E-state index in [9.17, 15) is 13.2 Å². The van der Waals surface area contributed by atoms with Crippen molar-refractivity contribution in [1.82, 2.24) is 0 Å². The molecule has 0 aromatic heterocycles. The van der Waals surface area contributed by atoms with Crippen LogP contribution < -0.4 is 10.1 Å². The highest BCUT2D eigenvalue weighted by Gasteiger charge is 2.07. The van der Waals surface area contributed by atoms with E-state index in [2.05, 4.69) is 5.32 Å². The molecule has 2 aromatic rings. The maximum absolute atomic E-state index is 13.4. The first-order valence-corrected chi connectivity index (χ1v) is 5.16. The number of hydrogen-bond acceptors (Lipinski definition) is 2. The number of ether oxygens (including phenoxy) is 1. The molecule has 0 spiro atoms. The highest BCUT2D eigenvalue weighted by molar-refractivity contribution is 5.61. The predicted octanol–water partition coefficient (Wildman–Crippen LogP) is 3.86. The van der Waals surface area contributed by atoms with Crippen molar-refractivity contribution in [2.75, 3.05) is 12.4 Å². The molecule has 2 aromatic carbocycles. The summed E-state index contributed by atoms with van der Waals surface area (Å²) in [5.41, 5.74) is 0.248. The molecule has 0 unspecified atom stereocenters. The lowest BCUT2D eigenvalue weighted by Crippen LogP contribution is -1.96. The van der Waals surface area contributed by atoms with Crippen LogP contribution in [0.1, 0.15) is 0 Å². The molecule has 0 amide bonds. The lowest BCUT2D eigenvalue weighted by atomic mass is 10.2. The molecule has 18 heavy (non-hydrogen) atoms. The minimum Gasteiger partial charge on any atom is -0.494 e. The Morgan fingerprint density at radius 3 is 2.39 bits per heavy atom. The van der Waals surface area contributed by atoms with Gasteiger partial charge in [-0.25, -0.2) is 13.2 Å². The van der Waals surface area contributed by atoms with Crippen LogP contribution in [0.3, 0.4) is 0 Å². The van der Waals surface area contributed by atoms with Crippen molar-refractivity contribution in [3.63, 3.8) is 0 Å². The Kier molecular flexibility index (Phi) is 3.41. The number of benzene rings is 2. The summed E-state index contributed by atoms with van der Waals surface area (Å²) in [6.07, 6.45) is 0. The second kappa shape index (κ2) is 5.00.